The second-order valence-corrected chi connectivity index (χ2v) is 4.34. The number of anilines is 2. The molecule has 3 aromatic rings. The van der Waals surface area contributed by atoms with Crippen LogP contribution in [0.25, 0.3) is 10.8 Å². The first-order valence-corrected chi connectivity index (χ1v) is 6.12. The lowest BCUT2D eigenvalue weighted by Gasteiger charge is -2.09. The number of rotatable bonds is 2. The fourth-order valence-corrected chi connectivity index (χ4v) is 2.12. The summed E-state index contributed by atoms with van der Waals surface area (Å²) < 4.78 is 0. The van der Waals surface area contributed by atoms with Gasteiger partial charge in [-0.05, 0) is 35.7 Å². The van der Waals surface area contributed by atoms with Crippen molar-refractivity contribution in [1.29, 1.82) is 5.26 Å². The van der Waals surface area contributed by atoms with Crippen molar-refractivity contribution in [2.45, 2.75) is 0 Å². The highest BCUT2D eigenvalue weighted by atomic mass is 14.9. The third-order valence-electron chi connectivity index (χ3n) is 3.08. The summed E-state index contributed by atoms with van der Waals surface area (Å²) in [6.45, 7) is 0. The highest BCUT2D eigenvalue weighted by Crippen LogP contribution is 2.26. The number of nitriles is 1. The van der Waals surface area contributed by atoms with Crippen LogP contribution in [-0.2, 0) is 0 Å². The quantitative estimate of drug-likeness (QED) is 0.722. The molecule has 0 atom stereocenters. The molecule has 0 heterocycles. The monoisotopic (exact) mass is 244 g/mol. The van der Waals surface area contributed by atoms with Crippen LogP contribution in [-0.4, -0.2) is 0 Å². The standard InChI is InChI=1S/C17H12N2/c18-12-13-8-10-15(11-9-13)19-17-7-3-5-14-4-1-2-6-16(14)17/h1-11,19H. The van der Waals surface area contributed by atoms with Gasteiger partial charge >= 0.3 is 0 Å². The molecular formula is C17H12N2. The van der Waals surface area contributed by atoms with E-state index in [0.717, 1.165) is 11.4 Å². The van der Waals surface area contributed by atoms with E-state index in [0.29, 0.717) is 5.56 Å². The van der Waals surface area contributed by atoms with Crippen LogP contribution in [0.1, 0.15) is 5.56 Å². The van der Waals surface area contributed by atoms with E-state index < -0.39 is 0 Å². The lowest BCUT2D eigenvalue weighted by molar-refractivity contribution is 1.48. The summed E-state index contributed by atoms with van der Waals surface area (Å²) in [5.41, 5.74) is 2.72. The molecule has 0 saturated heterocycles. The zero-order valence-electron chi connectivity index (χ0n) is 10.3. The van der Waals surface area contributed by atoms with Crippen molar-refractivity contribution in [1.82, 2.24) is 0 Å². The van der Waals surface area contributed by atoms with Crippen LogP contribution < -0.4 is 5.32 Å². The number of hydrogen-bond donors (Lipinski definition) is 1. The number of nitrogens with zero attached hydrogens (tertiary/aromatic N) is 1. The zero-order valence-corrected chi connectivity index (χ0v) is 10.3. The van der Waals surface area contributed by atoms with Crippen LogP contribution in [0, 0.1) is 11.3 Å². The second kappa shape index (κ2) is 4.83. The van der Waals surface area contributed by atoms with Crippen molar-refractivity contribution in [2.75, 3.05) is 5.32 Å². The minimum atomic E-state index is 0.670. The minimum absolute atomic E-state index is 0.670. The maximum Gasteiger partial charge on any atom is 0.0991 e. The van der Waals surface area contributed by atoms with Crippen molar-refractivity contribution in [2.24, 2.45) is 0 Å². The average Bonchev–Trinajstić information content (AvgIpc) is 2.48. The summed E-state index contributed by atoms with van der Waals surface area (Å²) in [4.78, 5) is 0. The Balaban J connectivity index is 1.99. The summed E-state index contributed by atoms with van der Waals surface area (Å²) in [5, 5.41) is 14.6. The molecule has 0 bridgehead atoms. The third kappa shape index (κ3) is 2.27. The smallest absolute Gasteiger partial charge is 0.0991 e. The van der Waals surface area contributed by atoms with Gasteiger partial charge in [-0.2, -0.15) is 5.26 Å². The van der Waals surface area contributed by atoms with Crippen LogP contribution >= 0.6 is 0 Å². The Hall–Kier alpha value is -2.79. The van der Waals surface area contributed by atoms with Crippen molar-refractivity contribution in [3.8, 4) is 6.07 Å². The molecule has 0 aliphatic heterocycles. The maximum absolute atomic E-state index is 8.79. The van der Waals surface area contributed by atoms with E-state index in [1.54, 1.807) is 0 Å². The van der Waals surface area contributed by atoms with Crippen molar-refractivity contribution in [3.05, 3.63) is 72.3 Å². The molecular weight excluding hydrogens is 232 g/mol. The molecule has 3 rings (SSSR count). The number of fused-ring (bicyclic) bond motifs is 1. The minimum Gasteiger partial charge on any atom is -0.355 e. The van der Waals surface area contributed by atoms with E-state index in [1.165, 1.54) is 10.8 Å². The first kappa shape index (κ1) is 11.3. The van der Waals surface area contributed by atoms with E-state index in [-0.39, 0.29) is 0 Å². The first-order chi connectivity index (χ1) is 9.36. The Bertz CT molecular complexity index is 747. The molecule has 0 saturated carbocycles. The van der Waals surface area contributed by atoms with E-state index in [4.69, 9.17) is 5.26 Å². The normalized spacial score (nSPS) is 10.1. The fourth-order valence-electron chi connectivity index (χ4n) is 2.12. The Morgan fingerprint density at radius 3 is 2.32 bits per heavy atom. The lowest BCUT2D eigenvalue weighted by atomic mass is 10.1. The average molecular weight is 244 g/mol. The van der Waals surface area contributed by atoms with Gasteiger partial charge in [0.1, 0.15) is 0 Å². The van der Waals surface area contributed by atoms with Gasteiger partial charge in [-0.3, -0.25) is 0 Å². The number of hydrogen-bond acceptors (Lipinski definition) is 2. The van der Waals surface area contributed by atoms with E-state index >= 15 is 0 Å². The molecule has 1 N–H and O–H groups in total. The fraction of sp³-hybridized carbons (Fsp3) is 0. The summed E-state index contributed by atoms with van der Waals surface area (Å²) in [7, 11) is 0. The van der Waals surface area contributed by atoms with Crippen LogP contribution in [0.5, 0.6) is 0 Å². The van der Waals surface area contributed by atoms with E-state index in [1.807, 2.05) is 42.5 Å². The lowest BCUT2D eigenvalue weighted by Crippen LogP contribution is -1.91. The summed E-state index contributed by atoms with van der Waals surface area (Å²) in [5.74, 6) is 0. The number of nitrogens with one attached hydrogen (secondary N) is 1. The highest BCUT2D eigenvalue weighted by Gasteiger charge is 2.00. The van der Waals surface area contributed by atoms with Crippen molar-refractivity contribution < 1.29 is 0 Å². The molecule has 0 radical (unpaired) electrons. The molecule has 0 aromatic heterocycles. The molecule has 2 heteroatoms. The molecule has 2 nitrogen and oxygen atoms in total. The van der Waals surface area contributed by atoms with Gasteiger partial charge < -0.3 is 5.32 Å². The van der Waals surface area contributed by atoms with Gasteiger partial charge in [0.15, 0.2) is 0 Å². The van der Waals surface area contributed by atoms with E-state index in [9.17, 15) is 0 Å². The Labute approximate surface area is 111 Å². The Morgan fingerprint density at radius 2 is 1.53 bits per heavy atom. The molecule has 0 fully saturated rings. The molecule has 0 unspecified atom stereocenters. The van der Waals surface area contributed by atoms with E-state index in [2.05, 4.69) is 35.7 Å². The van der Waals surface area contributed by atoms with Crippen LogP contribution in [0.2, 0.25) is 0 Å². The SMILES string of the molecule is N#Cc1ccc(Nc2cccc3ccccc23)cc1. The topological polar surface area (TPSA) is 35.8 Å². The van der Waals surface area contributed by atoms with Crippen LogP contribution in [0.4, 0.5) is 11.4 Å². The Morgan fingerprint density at radius 1 is 0.789 bits per heavy atom. The largest absolute Gasteiger partial charge is 0.355 e. The van der Waals surface area contributed by atoms with Crippen LogP contribution in [0.15, 0.2) is 66.7 Å². The van der Waals surface area contributed by atoms with Crippen molar-refractivity contribution in [3.63, 3.8) is 0 Å². The zero-order chi connectivity index (χ0) is 13.1. The number of benzene rings is 3. The molecule has 90 valence electrons. The predicted molar refractivity (Wildman–Crippen MR) is 78.4 cm³/mol. The third-order valence-corrected chi connectivity index (χ3v) is 3.08. The molecule has 0 spiro atoms. The predicted octanol–water partition coefficient (Wildman–Crippen LogP) is 4.46. The van der Waals surface area contributed by atoms with Gasteiger partial charge in [0.2, 0.25) is 0 Å². The van der Waals surface area contributed by atoms with Gasteiger partial charge in [0.05, 0.1) is 11.6 Å². The Kier molecular flexibility index (Phi) is 2.88. The summed E-state index contributed by atoms with van der Waals surface area (Å²) >= 11 is 0. The van der Waals surface area contributed by atoms with Gasteiger partial charge in [-0.25, -0.2) is 0 Å². The van der Waals surface area contributed by atoms with Crippen molar-refractivity contribution >= 4 is 22.1 Å². The molecule has 0 aliphatic carbocycles. The highest BCUT2D eigenvalue weighted by molar-refractivity contribution is 5.95. The van der Waals surface area contributed by atoms with Gasteiger partial charge in [-0.15, -0.1) is 0 Å². The summed E-state index contributed by atoms with van der Waals surface area (Å²) in [6.07, 6.45) is 0. The van der Waals surface area contributed by atoms with Gasteiger partial charge in [0.25, 0.3) is 0 Å². The molecule has 0 amide bonds. The first-order valence-electron chi connectivity index (χ1n) is 6.12. The second-order valence-electron chi connectivity index (χ2n) is 4.34. The molecule has 0 aliphatic rings. The maximum atomic E-state index is 8.79. The summed E-state index contributed by atoms with van der Waals surface area (Å²) in [6, 6.07) is 24.0. The molecule has 3 aromatic carbocycles. The van der Waals surface area contributed by atoms with Crippen LogP contribution in [0.3, 0.4) is 0 Å². The van der Waals surface area contributed by atoms with Gasteiger partial charge in [0, 0.05) is 16.8 Å². The van der Waals surface area contributed by atoms with Gasteiger partial charge in [-0.1, -0.05) is 36.4 Å². The molecule has 19 heavy (non-hydrogen) atoms.